The molecule has 0 bridgehead atoms. The van der Waals surface area contributed by atoms with Gasteiger partial charge < -0.3 is 15.6 Å². The van der Waals surface area contributed by atoms with Crippen molar-refractivity contribution in [2.45, 2.75) is 39.0 Å². The van der Waals surface area contributed by atoms with Gasteiger partial charge in [-0.1, -0.05) is 61.5 Å². The zero-order valence-electron chi connectivity index (χ0n) is 19.9. The zero-order chi connectivity index (χ0) is 24.6. The third kappa shape index (κ3) is 4.94. The van der Waals surface area contributed by atoms with E-state index in [-0.39, 0.29) is 17.6 Å². The largest absolute Gasteiger partial charge is 0.361 e. The highest BCUT2D eigenvalue weighted by Gasteiger charge is 2.20. The normalized spacial score (nSPS) is 12.0. The number of ketones is 1. The number of carbonyl (C=O) groups excluding carboxylic acids is 1. The first kappa shape index (κ1) is 23.1. The van der Waals surface area contributed by atoms with Crippen molar-refractivity contribution in [3.05, 3.63) is 59.7 Å². The zero-order valence-corrected chi connectivity index (χ0v) is 20.7. The lowest BCUT2D eigenvalue weighted by molar-refractivity contribution is -0.117. The summed E-state index contributed by atoms with van der Waals surface area (Å²) < 4.78 is 7.39. The lowest BCUT2D eigenvalue weighted by atomic mass is 9.93. The molecule has 10 heteroatoms. The smallest absolute Gasteiger partial charge is 0.224 e. The molecule has 3 N–H and O–H groups in total. The monoisotopic (exact) mass is 489 g/mol. The minimum absolute atomic E-state index is 0.0980. The van der Waals surface area contributed by atoms with Crippen LogP contribution in [0.1, 0.15) is 37.8 Å². The van der Waals surface area contributed by atoms with E-state index in [1.807, 2.05) is 40.9 Å². The van der Waals surface area contributed by atoms with Crippen molar-refractivity contribution < 1.29 is 9.32 Å². The third-order valence-electron chi connectivity index (χ3n) is 5.61. The van der Waals surface area contributed by atoms with Gasteiger partial charge >= 0.3 is 0 Å². The molecule has 35 heavy (non-hydrogen) atoms. The second-order valence-electron chi connectivity index (χ2n) is 9.50. The predicted molar refractivity (Wildman–Crippen MR) is 137 cm³/mol. The number of anilines is 1. The minimum Gasteiger partial charge on any atom is -0.361 e. The Balaban J connectivity index is 1.27. The number of Topliss-reactive ketones (excluding diaryl/α,β-unsaturated/α-hetero) is 1. The fourth-order valence-electron chi connectivity index (χ4n) is 3.74. The van der Waals surface area contributed by atoms with Crippen LogP contribution in [-0.4, -0.2) is 43.4 Å². The molecule has 4 aromatic heterocycles. The molecule has 0 fully saturated rings. The van der Waals surface area contributed by atoms with Gasteiger partial charge in [-0.15, -0.1) is 0 Å². The molecule has 0 aliphatic rings. The Labute approximate surface area is 206 Å². The summed E-state index contributed by atoms with van der Waals surface area (Å²) in [6.07, 6.45) is 4.39. The van der Waals surface area contributed by atoms with Crippen LogP contribution in [0.4, 0.5) is 5.95 Å². The lowest BCUT2D eigenvalue weighted by Gasteiger charge is -2.12. The number of hydrogen-bond donors (Lipinski definition) is 2. The Morgan fingerprint density at radius 1 is 1.17 bits per heavy atom. The van der Waals surface area contributed by atoms with E-state index in [2.05, 4.69) is 41.2 Å². The number of aromatic nitrogens is 5. The standard InChI is InChI=1S/C25H27N7O2S/c1-25(2,3)21-12-17(31-34-21)11-18(33)10-15-4-6-16(7-5-15)19-14-32-20-13-28-23(27-9-8-26)30-22(20)35-24(32)29-19/h4-7,12-14H,8-11,26H2,1-3H3,(H,27,28,30). The van der Waals surface area contributed by atoms with E-state index in [0.29, 0.717) is 31.2 Å². The first-order valence-corrected chi connectivity index (χ1v) is 12.3. The molecule has 4 heterocycles. The Hall–Kier alpha value is -3.63. The number of imidazole rings is 1. The number of nitrogens with two attached hydrogens (primary N) is 1. The maximum Gasteiger partial charge on any atom is 0.224 e. The van der Waals surface area contributed by atoms with Gasteiger partial charge in [-0.2, -0.15) is 0 Å². The average Bonchev–Trinajstić information content (AvgIpc) is 3.52. The van der Waals surface area contributed by atoms with Crippen LogP contribution in [-0.2, 0) is 23.1 Å². The van der Waals surface area contributed by atoms with Gasteiger partial charge in [0.1, 0.15) is 21.9 Å². The Morgan fingerprint density at radius 3 is 2.69 bits per heavy atom. The van der Waals surface area contributed by atoms with E-state index in [0.717, 1.165) is 37.9 Å². The maximum atomic E-state index is 12.6. The van der Waals surface area contributed by atoms with E-state index in [4.69, 9.17) is 15.2 Å². The molecule has 0 spiro atoms. The van der Waals surface area contributed by atoms with E-state index in [1.54, 1.807) is 6.20 Å². The number of carbonyl (C=O) groups is 1. The summed E-state index contributed by atoms with van der Waals surface area (Å²) in [5.74, 6) is 1.45. The summed E-state index contributed by atoms with van der Waals surface area (Å²) in [5.41, 5.74) is 9.78. The van der Waals surface area contributed by atoms with Crippen LogP contribution in [0.15, 0.2) is 47.2 Å². The second kappa shape index (κ2) is 9.20. The van der Waals surface area contributed by atoms with Gasteiger partial charge in [0.15, 0.2) is 4.96 Å². The summed E-state index contributed by atoms with van der Waals surface area (Å²) >= 11 is 1.51. The number of nitrogens with zero attached hydrogens (tertiary/aromatic N) is 5. The van der Waals surface area contributed by atoms with Crippen LogP contribution >= 0.6 is 11.3 Å². The second-order valence-corrected chi connectivity index (χ2v) is 10.5. The van der Waals surface area contributed by atoms with Gasteiger partial charge in [-0.05, 0) is 5.56 Å². The van der Waals surface area contributed by atoms with Gasteiger partial charge in [-0.25, -0.2) is 15.0 Å². The number of thiazole rings is 1. The Bertz CT molecular complexity index is 1490. The molecule has 180 valence electrons. The summed E-state index contributed by atoms with van der Waals surface area (Å²) in [7, 11) is 0. The molecular weight excluding hydrogens is 462 g/mol. The third-order valence-corrected chi connectivity index (χ3v) is 6.58. The van der Waals surface area contributed by atoms with Crippen molar-refractivity contribution in [3.8, 4) is 11.3 Å². The minimum atomic E-state index is -0.129. The van der Waals surface area contributed by atoms with Crippen molar-refractivity contribution in [1.82, 2.24) is 24.5 Å². The molecule has 0 radical (unpaired) electrons. The first-order chi connectivity index (χ1) is 16.8. The fourth-order valence-corrected chi connectivity index (χ4v) is 4.69. The number of fused-ring (bicyclic) bond motifs is 3. The van der Waals surface area contributed by atoms with Crippen molar-refractivity contribution >= 4 is 38.4 Å². The summed E-state index contributed by atoms with van der Waals surface area (Å²) in [5, 5.41) is 7.15. The Morgan fingerprint density at radius 2 is 1.97 bits per heavy atom. The number of nitrogens with one attached hydrogen (secondary N) is 1. The van der Waals surface area contributed by atoms with E-state index in [1.165, 1.54) is 11.3 Å². The molecule has 0 aliphatic heterocycles. The molecular formula is C25H27N7O2S. The van der Waals surface area contributed by atoms with Crippen LogP contribution < -0.4 is 11.1 Å². The van der Waals surface area contributed by atoms with Crippen molar-refractivity contribution in [1.29, 1.82) is 0 Å². The van der Waals surface area contributed by atoms with Gasteiger partial charge in [0.05, 0.1) is 24.0 Å². The van der Waals surface area contributed by atoms with Crippen LogP contribution in [0.2, 0.25) is 0 Å². The molecule has 0 atom stereocenters. The first-order valence-electron chi connectivity index (χ1n) is 11.5. The van der Waals surface area contributed by atoms with Crippen LogP contribution in [0.25, 0.3) is 26.6 Å². The summed E-state index contributed by atoms with van der Waals surface area (Å²) in [6.45, 7) is 7.31. The number of hydrogen-bond acceptors (Lipinski definition) is 9. The van der Waals surface area contributed by atoms with Crippen LogP contribution in [0.3, 0.4) is 0 Å². The molecule has 9 nitrogen and oxygen atoms in total. The van der Waals surface area contributed by atoms with Gasteiger partial charge in [0, 0.05) is 42.8 Å². The number of rotatable bonds is 8. The van der Waals surface area contributed by atoms with Gasteiger partial charge in [-0.3, -0.25) is 9.20 Å². The molecule has 5 rings (SSSR count). The highest BCUT2D eigenvalue weighted by atomic mass is 32.1. The van der Waals surface area contributed by atoms with Crippen LogP contribution in [0.5, 0.6) is 0 Å². The van der Waals surface area contributed by atoms with Crippen molar-refractivity contribution in [3.63, 3.8) is 0 Å². The lowest BCUT2D eigenvalue weighted by Crippen LogP contribution is -2.14. The molecule has 5 aromatic rings. The molecule has 0 saturated heterocycles. The Kier molecular flexibility index (Phi) is 6.08. The number of benzene rings is 1. The summed E-state index contributed by atoms with van der Waals surface area (Å²) in [4.78, 5) is 28.0. The SMILES string of the molecule is CC(C)(C)c1cc(CC(=O)Cc2ccc(-c3cn4c(n3)sc3nc(NCCN)ncc34)cc2)no1. The van der Waals surface area contributed by atoms with E-state index >= 15 is 0 Å². The molecule has 0 saturated carbocycles. The predicted octanol–water partition coefficient (Wildman–Crippen LogP) is 4.02. The highest BCUT2D eigenvalue weighted by Crippen LogP contribution is 2.29. The van der Waals surface area contributed by atoms with Gasteiger partial charge in [0.25, 0.3) is 0 Å². The summed E-state index contributed by atoms with van der Waals surface area (Å²) in [6, 6.07) is 9.81. The highest BCUT2D eigenvalue weighted by molar-refractivity contribution is 7.23. The molecule has 0 amide bonds. The average molecular weight is 490 g/mol. The topological polar surface area (TPSA) is 124 Å². The van der Waals surface area contributed by atoms with Crippen molar-refractivity contribution in [2.24, 2.45) is 5.73 Å². The van der Waals surface area contributed by atoms with Crippen molar-refractivity contribution in [2.75, 3.05) is 18.4 Å². The molecule has 0 aliphatic carbocycles. The molecule has 0 unspecified atom stereocenters. The maximum absolute atomic E-state index is 12.6. The molecule has 1 aromatic carbocycles. The quantitative estimate of drug-likeness (QED) is 0.335. The van der Waals surface area contributed by atoms with E-state index < -0.39 is 0 Å². The van der Waals surface area contributed by atoms with Gasteiger partial charge in [0.2, 0.25) is 5.95 Å². The van der Waals surface area contributed by atoms with E-state index in [9.17, 15) is 4.79 Å². The van der Waals surface area contributed by atoms with Crippen LogP contribution in [0, 0.1) is 0 Å². The fraction of sp³-hybridized carbons (Fsp3) is 0.320.